The quantitative estimate of drug-likeness (QED) is 0.0187. The fraction of sp³-hybridized carbons (Fsp3) is 0.736. The molecule has 390 valence electrons. The zero-order valence-corrected chi connectivity index (χ0v) is 41.1. The van der Waals surface area contributed by atoms with Crippen LogP contribution in [0.25, 0.3) is 0 Å². The van der Waals surface area contributed by atoms with E-state index in [0.717, 1.165) is 51.4 Å². The second kappa shape index (κ2) is 39.6. The van der Waals surface area contributed by atoms with Crippen molar-refractivity contribution in [1.29, 1.82) is 0 Å². The Morgan fingerprint density at radius 2 is 0.941 bits per heavy atom. The SMILES string of the molecule is CC/C=C/C/C=C/C/C=C/C/C=C/C/C=C/CCCC(=O)O[C@H](COC(=O)CCCC/C=C/CCCCCCCCCCC)CO[C@H]1O[C@@H](CO[C@H]2O[C@@H](CO)[C@@H](O)C(O)C2O)[C@@H](O)C(O)C1O. The van der Waals surface area contributed by atoms with Crippen LogP contribution in [0.2, 0.25) is 0 Å². The number of hydrogen-bond donors (Lipinski definition) is 7. The van der Waals surface area contributed by atoms with Crippen LogP contribution in [0.15, 0.2) is 72.9 Å². The summed E-state index contributed by atoms with van der Waals surface area (Å²) in [4.78, 5) is 25.7. The number of aliphatic hydroxyl groups is 7. The number of ether oxygens (including phenoxy) is 6. The molecule has 0 amide bonds. The van der Waals surface area contributed by atoms with Gasteiger partial charge in [0, 0.05) is 12.8 Å². The van der Waals surface area contributed by atoms with E-state index in [-0.39, 0.29) is 19.4 Å². The molecule has 2 aliphatic rings. The van der Waals surface area contributed by atoms with E-state index in [1.165, 1.54) is 57.8 Å². The molecule has 15 nitrogen and oxygen atoms in total. The summed E-state index contributed by atoms with van der Waals surface area (Å²) in [5.41, 5.74) is 0. The Balaban J connectivity index is 1.86. The van der Waals surface area contributed by atoms with Gasteiger partial charge in [-0.1, -0.05) is 138 Å². The molecule has 0 aromatic carbocycles. The first kappa shape index (κ1) is 61.1. The zero-order chi connectivity index (χ0) is 49.6. The van der Waals surface area contributed by atoms with Crippen molar-refractivity contribution in [2.24, 2.45) is 0 Å². The topological polar surface area (TPSA) is 231 Å². The summed E-state index contributed by atoms with van der Waals surface area (Å²) >= 11 is 0. The van der Waals surface area contributed by atoms with Gasteiger partial charge >= 0.3 is 11.9 Å². The highest BCUT2D eigenvalue weighted by molar-refractivity contribution is 5.70. The van der Waals surface area contributed by atoms with E-state index in [9.17, 15) is 45.3 Å². The summed E-state index contributed by atoms with van der Waals surface area (Å²) in [5.74, 6) is -1.02. The van der Waals surface area contributed by atoms with Gasteiger partial charge in [-0.2, -0.15) is 0 Å². The lowest BCUT2D eigenvalue weighted by atomic mass is 9.98. The number of carbonyl (C=O) groups excluding carboxylic acids is 2. The summed E-state index contributed by atoms with van der Waals surface area (Å²) < 4.78 is 33.5. The van der Waals surface area contributed by atoms with E-state index in [4.69, 9.17) is 28.4 Å². The molecule has 2 aliphatic heterocycles. The fourth-order valence-electron chi connectivity index (χ4n) is 7.48. The largest absolute Gasteiger partial charge is 0.462 e. The highest BCUT2D eigenvalue weighted by Crippen LogP contribution is 2.26. The first-order valence-electron chi connectivity index (χ1n) is 25.5. The molecule has 2 saturated heterocycles. The Morgan fingerprint density at radius 1 is 0.485 bits per heavy atom. The van der Waals surface area contributed by atoms with Gasteiger partial charge in [-0.05, 0) is 77.0 Å². The smallest absolute Gasteiger partial charge is 0.306 e. The molecule has 0 aromatic heterocycles. The van der Waals surface area contributed by atoms with E-state index < -0.39 is 99.3 Å². The second-order valence-corrected chi connectivity index (χ2v) is 17.6. The molecule has 2 heterocycles. The fourth-order valence-corrected chi connectivity index (χ4v) is 7.48. The van der Waals surface area contributed by atoms with Crippen LogP contribution in [0.3, 0.4) is 0 Å². The van der Waals surface area contributed by atoms with Crippen molar-refractivity contribution < 1.29 is 73.8 Å². The van der Waals surface area contributed by atoms with E-state index in [1.54, 1.807) is 0 Å². The summed E-state index contributed by atoms with van der Waals surface area (Å²) in [5, 5.41) is 72.0. The number of carbonyl (C=O) groups is 2. The molecule has 2 rings (SSSR count). The molecule has 4 unspecified atom stereocenters. The van der Waals surface area contributed by atoms with Crippen LogP contribution < -0.4 is 0 Å². The maximum Gasteiger partial charge on any atom is 0.306 e. The Hall–Kier alpha value is -3.06. The minimum Gasteiger partial charge on any atom is -0.462 e. The molecule has 0 aliphatic carbocycles. The van der Waals surface area contributed by atoms with Gasteiger partial charge in [-0.3, -0.25) is 9.59 Å². The molecular weight excluding hydrogens is 877 g/mol. The summed E-state index contributed by atoms with van der Waals surface area (Å²) in [6, 6.07) is 0. The van der Waals surface area contributed by atoms with Gasteiger partial charge in [-0.15, -0.1) is 0 Å². The molecule has 0 spiro atoms. The number of esters is 2. The molecule has 11 atom stereocenters. The van der Waals surface area contributed by atoms with Gasteiger partial charge in [0.2, 0.25) is 0 Å². The lowest BCUT2D eigenvalue weighted by molar-refractivity contribution is -0.332. The number of aliphatic hydroxyl groups excluding tert-OH is 7. The maximum absolute atomic E-state index is 13.0. The average Bonchev–Trinajstić information content (AvgIpc) is 3.33. The van der Waals surface area contributed by atoms with Crippen LogP contribution in [0.4, 0.5) is 0 Å². The van der Waals surface area contributed by atoms with Gasteiger partial charge in [0.05, 0.1) is 19.8 Å². The van der Waals surface area contributed by atoms with Gasteiger partial charge in [0.1, 0.15) is 55.4 Å². The minimum absolute atomic E-state index is 0.0796. The van der Waals surface area contributed by atoms with Crippen LogP contribution in [0.1, 0.15) is 155 Å². The van der Waals surface area contributed by atoms with Gasteiger partial charge in [0.15, 0.2) is 18.7 Å². The monoisotopic (exact) mass is 965 g/mol. The molecular formula is C53H88O15. The predicted molar refractivity (Wildman–Crippen MR) is 261 cm³/mol. The van der Waals surface area contributed by atoms with Crippen LogP contribution in [0.5, 0.6) is 0 Å². The van der Waals surface area contributed by atoms with Crippen molar-refractivity contribution in [2.75, 3.05) is 26.4 Å². The zero-order valence-electron chi connectivity index (χ0n) is 41.1. The third kappa shape index (κ3) is 27.4. The van der Waals surface area contributed by atoms with Crippen molar-refractivity contribution in [3.05, 3.63) is 72.9 Å². The number of rotatable bonds is 38. The lowest BCUT2D eigenvalue weighted by Gasteiger charge is -2.42. The van der Waals surface area contributed by atoms with Crippen LogP contribution >= 0.6 is 0 Å². The predicted octanol–water partition coefficient (Wildman–Crippen LogP) is 7.04. The normalized spacial score (nSPS) is 26.4. The third-order valence-corrected chi connectivity index (χ3v) is 11.7. The van der Waals surface area contributed by atoms with E-state index in [1.807, 2.05) is 12.2 Å². The molecule has 68 heavy (non-hydrogen) atoms. The van der Waals surface area contributed by atoms with Gasteiger partial charge < -0.3 is 64.2 Å². The Bertz CT molecular complexity index is 1460. The van der Waals surface area contributed by atoms with E-state index in [2.05, 4.69) is 74.6 Å². The highest BCUT2D eigenvalue weighted by Gasteiger charge is 2.47. The van der Waals surface area contributed by atoms with Crippen molar-refractivity contribution in [2.45, 2.75) is 223 Å². The van der Waals surface area contributed by atoms with Crippen molar-refractivity contribution in [3.8, 4) is 0 Å². The second-order valence-electron chi connectivity index (χ2n) is 17.6. The first-order valence-corrected chi connectivity index (χ1v) is 25.5. The van der Waals surface area contributed by atoms with Crippen LogP contribution in [-0.2, 0) is 38.0 Å². The van der Waals surface area contributed by atoms with Crippen molar-refractivity contribution in [3.63, 3.8) is 0 Å². The molecule has 2 fully saturated rings. The lowest BCUT2D eigenvalue weighted by Crippen LogP contribution is -2.61. The standard InChI is InChI=1S/C53H88O15/c1-3-5-7-9-11-13-15-17-19-20-22-24-26-28-30-32-34-36-45(56)66-41(38-63-44(55)35-33-31-29-27-25-23-21-18-16-14-12-10-8-6-4-2)39-64-52-51(62)49(60)47(58)43(68-52)40-65-53-50(61)48(59)46(57)42(37-54)67-53/h5,7,11,13,17,19,22,24-25,27-28,30,41-43,46-54,57-62H,3-4,6,8-10,12,14-16,18,20-21,23,26,29,31-40H2,1-2H3/b7-5+,13-11+,19-17+,24-22+,27-25+,30-28+/t41-,42+,43+,46-,47-,48?,49?,50?,51?,52+,53+/m1/s1. The number of allylic oxidation sites excluding steroid dienone is 12. The van der Waals surface area contributed by atoms with Gasteiger partial charge in [0.25, 0.3) is 0 Å². The number of hydrogen-bond acceptors (Lipinski definition) is 15. The molecule has 15 heteroatoms. The van der Waals surface area contributed by atoms with Crippen molar-refractivity contribution >= 4 is 11.9 Å². The Labute approximate surface area is 406 Å². The summed E-state index contributed by atoms with van der Waals surface area (Å²) in [6.07, 6.45) is 29.4. The van der Waals surface area contributed by atoms with Gasteiger partial charge in [-0.25, -0.2) is 0 Å². The van der Waals surface area contributed by atoms with E-state index in [0.29, 0.717) is 19.3 Å². The van der Waals surface area contributed by atoms with Crippen LogP contribution in [-0.4, -0.2) is 142 Å². The molecule has 0 aromatic rings. The highest BCUT2D eigenvalue weighted by atomic mass is 16.7. The summed E-state index contributed by atoms with van der Waals surface area (Å²) in [6.45, 7) is 2.38. The maximum atomic E-state index is 13.0. The molecule has 0 bridgehead atoms. The van der Waals surface area contributed by atoms with Crippen LogP contribution in [0, 0.1) is 0 Å². The molecule has 0 saturated carbocycles. The number of unbranched alkanes of at least 4 members (excludes halogenated alkanes) is 12. The Kier molecular flexibility index (Phi) is 35.6. The summed E-state index contributed by atoms with van der Waals surface area (Å²) in [7, 11) is 0. The van der Waals surface area contributed by atoms with Crippen molar-refractivity contribution in [1.82, 2.24) is 0 Å². The first-order chi connectivity index (χ1) is 33.0. The minimum atomic E-state index is -1.78. The third-order valence-electron chi connectivity index (χ3n) is 11.7. The molecule has 7 N–H and O–H groups in total. The molecule has 0 radical (unpaired) electrons. The average molecular weight is 965 g/mol. The van der Waals surface area contributed by atoms with E-state index >= 15 is 0 Å². The Morgan fingerprint density at radius 3 is 1.51 bits per heavy atom.